The molecular weight excluding hydrogens is 320 g/mol. The van der Waals surface area contributed by atoms with Crippen LogP contribution < -0.4 is 0 Å². The Labute approximate surface area is 125 Å². The van der Waals surface area contributed by atoms with E-state index in [1.54, 1.807) is 7.11 Å². The molecule has 3 rings (SSSR count). The number of nitrogens with zero attached hydrogens (tertiary/aromatic N) is 4. The molecule has 0 saturated heterocycles. The molecule has 0 atom stereocenters. The number of rotatable bonds is 4. The minimum Gasteiger partial charge on any atom is -0.383 e. The Morgan fingerprint density at radius 1 is 1.30 bits per heavy atom. The third-order valence-corrected chi connectivity index (χ3v) is 3.71. The van der Waals surface area contributed by atoms with Gasteiger partial charge in [-0.05, 0) is 28.1 Å². The summed E-state index contributed by atoms with van der Waals surface area (Å²) in [5, 5.41) is 5.36. The molecule has 3 aromatic heterocycles. The van der Waals surface area contributed by atoms with Gasteiger partial charge in [-0.2, -0.15) is 5.10 Å². The van der Waals surface area contributed by atoms with Crippen molar-refractivity contribution in [2.75, 3.05) is 13.7 Å². The molecule has 0 saturated carbocycles. The van der Waals surface area contributed by atoms with Crippen molar-refractivity contribution in [3.05, 3.63) is 35.3 Å². The predicted molar refractivity (Wildman–Crippen MR) is 81.5 cm³/mol. The molecule has 0 aliphatic rings. The highest BCUT2D eigenvalue weighted by Gasteiger charge is 2.12. The normalized spacial score (nSPS) is 11.3. The SMILES string of the molecule is COCCn1c(-c2cnn(C)c2)cc2cnc(Br)cc21. The van der Waals surface area contributed by atoms with Gasteiger partial charge < -0.3 is 9.30 Å². The van der Waals surface area contributed by atoms with E-state index in [0.717, 1.165) is 33.3 Å². The maximum absolute atomic E-state index is 5.22. The second kappa shape index (κ2) is 5.38. The fraction of sp³-hybridized carbons (Fsp3) is 0.286. The molecule has 0 bridgehead atoms. The first-order valence-corrected chi connectivity index (χ1v) is 7.11. The lowest BCUT2D eigenvalue weighted by molar-refractivity contribution is 0.189. The van der Waals surface area contributed by atoms with Gasteiger partial charge in [-0.3, -0.25) is 4.68 Å². The standard InChI is InChI=1S/C14H15BrN4O/c1-18-9-11(8-17-18)12-5-10-7-16-14(15)6-13(10)19(12)3-4-20-2/h5-9H,3-4H2,1-2H3. The molecule has 0 aliphatic carbocycles. The number of fused-ring (bicyclic) bond motifs is 1. The smallest absolute Gasteiger partial charge is 0.108 e. The van der Waals surface area contributed by atoms with Crippen molar-refractivity contribution in [2.45, 2.75) is 6.54 Å². The van der Waals surface area contributed by atoms with E-state index in [1.807, 2.05) is 36.4 Å². The highest BCUT2D eigenvalue weighted by atomic mass is 79.9. The zero-order valence-corrected chi connectivity index (χ0v) is 13.0. The van der Waals surface area contributed by atoms with Gasteiger partial charge in [0.2, 0.25) is 0 Å². The molecule has 104 valence electrons. The molecule has 0 fully saturated rings. The Morgan fingerprint density at radius 3 is 2.85 bits per heavy atom. The molecule has 3 aromatic rings. The molecule has 0 N–H and O–H groups in total. The molecule has 0 spiro atoms. The van der Waals surface area contributed by atoms with Crippen molar-refractivity contribution in [3.63, 3.8) is 0 Å². The van der Waals surface area contributed by atoms with Gasteiger partial charge in [0.15, 0.2) is 0 Å². The van der Waals surface area contributed by atoms with E-state index in [2.05, 4.69) is 36.6 Å². The lowest BCUT2D eigenvalue weighted by Gasteiger charge is -2.09. The van der Waals surface area contributed by atoms with Crippen molar-refractivity contribution in [1.29, 1.82) is 0 Å². The topological polar surface area (TPSA) is 44.9 Å². The van der Waals surface area contributed by atoms with Gasteiger partial charge >= 0.3 is 0 Å². The Bertz CT molecular complexity index is 747. The molecule has 0 amide bonds. The first-order valence-electron chi connectivity index (χ1n) is 6.32. The van der Waals surface area contributed by atoms with E-state index in [-0.39, 0.29) is 0 Å². The molecule has 20 heavy (non-hydrogen) atoms. The third-order valence-electron chi connectivity index (χ3n) is 3.27. The molecule has 5 nitrogen and oxygen atoms in total. The lowest BCUT2D eigenvalue weighted by Crippen LogP contribution is -2.05. The number of methoxy groups -OCH3 is 1. The lowest BCUT2D eigenvalue weighted by atomic mass is 10.2. The molecule has 0 radical (unpaired) electrons. The van der Waals surface area contributed by atoms with E-state index in [0.29, 0.717) is 6.61 Å². The van der Waals surface area contributed by atoms with Gasteiger partial charge in [-0.25, -0.2) is 4.98 Å². The van der Waals surface area contributed by atoms with Crippen LogP contribution in [0.25, 0.3) is 22.2 Å². The van der Waals surface area contributed by atoms with Crippen molar-refractivity contribution >= 4 is 26.8 Å². The first-order chi connectivity index (χ1) is 9.69. The zero-order chi connectivity index (χ0) is 14.1. The number of hydrogen-bond acceptors (Lipinski definition) is 3. The van der Waals surface area contributed by atoms with Crippen molar-refractivity contribution in [1.82, 2.24) is 19.3 Å². The zero-order valence-electron chi connectivity index (χ0n) is 11.4. The fourth-order valence-corrected chi connectivity index (χ4v) is 2.67. The molecule has 3 heterocycles. The van der Waals surface area contributed by atoms with E-state index in [4.69, 9.17) is 4.74 Å². The minimum absolute atomic E-state index is 0.664. The number of hydrogen-bond donors (Lipinski definition) is 0. The van der Waals surface area contributed by atoms with Crippen LogP contribution in [0.4, 0.5) is 0 Å². The van der Waals surface area contributed by atoms with Crippen molar-refractivity contribution in [3.8, 4) is 11.3 Å². The summed E-state index contributed by atoms with van der Waals surface area (Å²) in [6.45, 7) is 1.46. The Hall–Kier alpha value is -1.66. The summed E-state index contributed by atoms with van der Waals surface area (Å²) in [4.78, 5) is 4.29. The number of aromatic nitrogens is 4. The molecular formula is C14H15BrN4O. The van der Waals surface area contributed by atoms with Crippen LogP contribution in [-0.2, 0) is 18.3 Å². The average Bonchev–Trinajstić information content (AvgIpc) is 3.00. The van der Waals surface area contributed by atoms with Crippen molar-refractivity contribution < 1.29 is 4.74 Å². The van der Waals surface area contributed by atoms with Gasteiger partial charge in [0.25, 0.3) is 0 Å². The molecule has 0 unspecified atom stereocenters. The van der Waals surface area contributed by atoms with Gasteiger partial charge in [-0.15, -0.1) is 0 Å². The van der Waals surface area contributed by atoms with Gasteiger partial charge in [0.1, 0.15) is 4.60 Å². The quantitative estimate of drug-likeness (QED) is 0.689. The summed E-state index contributed by atoms with van der Waals surface area (Å²) in [5.74, 6) is 0. The second-order valence-corrected chi connectivity index (χ2v) is 5.46. The van der Waals surface area contributed by atoms with Crippen LogP contribution in [0.3, 0.4) is 0 Å². The molecule has 0 aromatic carbocycles. The first kappa shape index (κ1) is 13.3. The fourth-order valence-electron chi connectivity index (χ4n) is 2.35. The minimum atomic E-state index is 0.664. The van der Waals surface area contributed by atoms with Crippen molar-refractivity contribution in [2.24, 2.45) is 7.05 Å². The van der Waals surface area contributed by atoms with Gasteiger partial charge in [0, 0.05) is 44.0 Å². The van der Waals surface area contributed by atoms with E-state index < -0.39 is 0 Å². The summed E-state index contributed by atoms with van der Waals surface area (Å²) < 4.78 is 10.1. The third kappa shape index (κ3) is 2.36. The highest BCUT2D eigenvalue weighted by Crippen LogP contribution is 2.28. The average molecular weight is 335 g/mol. The van der Waals surface area contributed by atoms with Crippen LogP contribution in [0.1, 0.15) is 0 Å². The number of halogens is 1. The number of aryl methyl sites for hydroxylation is 1. The summed E-state index contributed by atoms with van der Waals surface area (Å²) in [6, 6.07) is 4.17. The van der Waals surface area contributed by atoms with Crippen LogP contribution in [-0.4, -0.2) is 33.0 Å². The van der Waals surface area contributed by atoms with Crippen LogP contribution >= 0.6 is 15.9 Å². The molecule has 0 aliphatic heterocycles. The Morgan fingerprint density at radius 2 is 2.15 bits per heavy atom. The monoisotopic (exact) mass is 334 g/mol. The Kier molecular flexibility index (Phi) is 3.58. The van der Waals surface area contributed by atoms with E-state index in [1.165, 1.54) is 0 Å². The van der Waals surface area contributed by atoms with Crippen LogP contribution in [0.15, 0.2) is 35.3 Å². The number of ether oxygens (including phenoxy) is 1. The summed E-state index contributed by atoms with van der Waals surface area (Å²) in [6.07, 6.45) is 5.77. The highest BCUT2D eigenvalue weighted by molar-refractivity contribution is 9.10. The van der Waals surface area contributed by atoms with Gasteiger partial charge in [0.05, 0.1) is 24.0 Å². The summed E-state index contributed by atoms with van der Waals surface area (Å²) in [5.41, 5.74) is 3.36. The maximum Gasteiger partial charge on any atom is 0.108 e. The van der Waals surface area contributed by atoms with Crippen LogP contribution in [0.2, 0.25) is 0 Å². The van der Waals surface area contributed by atoms with Gasteiger partial charge in [-0.1, -0.05) is 0 Å². The Balaban J connectivity index is 2.19. The van der Waals surface area contributed by atoms with Crippen LogP contribution in [0.5, 0.6) is 0 Å². The predicted octanol–water partition coefficient (Wildman–Crippen LogP) is 2.85. The van der Waals surface area contributed by atoms with E-state index >= 15 is 0 Å². The largest absolute Gasteiger partial charge is 0.383 e. The molecule has 6 heteroatoms. The summed E-state index contributed by atoms with van der Waals surface area (Å²) in [7, 11) is 3.64. The number of pyridine rings is 1. The summed E-state index contributed by atoms with van der Waals surface area (Å²) >= 11 is 3.43. The maximum atomic E-state index is 5.22. The van der Waals surface area contributed by atoms with Crippen LogP contribution in [0, 0.1) is 0 Å². The van der Waals surface area contributed by atoms with E-state index in [9.17, 15) is 0 Å². The second-order valence-electron chi connectivity index (χ2n) is 4.64.